The van der Waals surface area contributed by atoms with Crippen LogP contribution in [-0.4, -0.2) is 4.98 Å². The Morgan fingerprint density at radius 2 is 2.00 bits per heavy atom. The third kappa shape index (κ3) is 1.42. The van der Waals surface area contributed by atoms with Gasteiger partial charge in [0.2, 0.25) is 0 Å². The lowest BCUT2D eigenvalue weighted by molar-refractivity contribution is 1.03. The summed E-state index contributed by atoms with van der Waals surface area (Å²) in [6, 6.07) is 10.5. The molecule has 0 bridgehead atoms. The zero-order chi connectivity index (χ0) is 9.26. The molecule has 0 aliphatic carbocycles. The maximum atomic E-state index is 4.59. The highest BCUT2D eigenvalue weighted by Gasteiger charge is 1.99. The standard InChI is InChI=1S/C12H13N/c1-3-11-9(2)8-10-6-4-5-7-12(10)13-11/h4-8H,3H2,1-2H3. The van der Waals surface area contributed by atoms with Gasteiger partial charge in [-0.05, 0) is 31.0 Å². The van der Waals surface area contributed by atoms with Crippen LogP contribution in [0.1, 0.15) is 18.2 Å². The van der Waals surface area contributed by atoms with Crippen molar-refractivity contribution in [2.24, 2.45) is 0 Å². The Balaban J connectivity index is 2.74. The van der Waals surface area contributed by atoms with E-state index in [9.17, 15) is 0 Å². The molecule has 0 unspecified atom stereocenters. The molecule has 0 atom stereocenters. The highest BCUT2D eigenvalue weighted by atomic mass is 14.7. The van der Waals surface area contributed by atoms with Crippen LogP contribution in [-0.2, 0) is 6.42 Å². The van der Waals surface area contributed by atoms with Crippen molar-refractivity contribution in [1.82, 2.24) is 4.98 Å². The lowest BCUT2D eigenvalue weighted by atomic mass is 10.1. The second-order valence-electron chi connectivity index (χ2n) is 3.30. The summed E-state index contributed by atoms with van der Waals surface area (Å²) < 4.78 is 0. The smallest absolute Gasteiger partial charge is 0.0705 e. The molecule has 0 radical (unpaired) electrons. The topological polar surface area (TPSA) is 12.9 Å². The number of aromatic nitrogens is 1. The number of nitrogens with zero attached hydrogens (tertiary/aromatic N) is 1. The van der Waals surface area contributed by atoms with Gasteiger partial charge in [-0.3, -0.25) is 4.98 Å². The molecule has 0 spiro atoms. The Morgan fingerprint density at radius 3 is 2.77 bits per heavy atom. The Labute approximate surface area is 78.4 Å². The molecule has 0 N–H and O–H groups in total. The van der Waals surface area contributed by atoms with Crippen LogP contribution in [0, 0.1) is 6.92 Å². The van der Waals surface area contributed by atoms with Crippen LogP contribution in [0.2, 0.25) is 0 Å². The molecule has 2 aromatic rings. The summed E-state index contributed by atoms with van der Waals surface area (Å²) in [5, 5.41) is 1.23. The number of para-hydroxylation sites is 1. The molecule has 0 amide bonds. The van der Waals surface area contributed by atoms with Crippen molar-refractivity contribution in [3.8, 4) is 0 Å². The van der Waals surface area contributed by atoms with E-state index in [1.54, 1.807) is 0 Å². The molecular weight excluding hydrogens is 158 g/mol. The number of hydrogen-bond donors (Lipinski definition) is 0. The van der Waals surface area contributed by atoms with Gasteiger partial charge in [0.05, 0.1) is 5.52 Å². The lowest BCUT2D eigenvalue weighted by Gasteiger charge is -2.04. The Morgan fingerprint density at radius 1 is 1.23 bits per heavy atom. The van der Waals surface area contributed by atoms with Crippen LogP contribution in [0.5, 0.6) is 0 Å². The minimum Gasteiger partial charge on any atom is -0.253 e. The van der Waals surface area contributed by atoms with Gasteiger partial charge in [0.15, 0.2) is 0 Å². The first-order chi connectivity index (χ1) is 6.31. The molecule has 66 valence electrons. The number of hydrogen-bond acceptors (Lipinski definition) is 1. The van der Waals surface area contributed by atoms with Crippen LogP contribution in [0.15, 0.2) is 30.3 Å². The summed E-state index contributed by atoms with van der Waals surface area (Å²) in [7, 11) is 0. The Bertz CT molecular complexity index is 432. The maximum absolute atomic E-state index is 4.59. The van der Waals surface area contributed by atoms with E-state index in [1.807, 2.05) is 6.07 Å². The van der Waals surface area contributed by atoms with Crippen molar-refractivity contribution in [1.29, 1.82) is 0 Å². The number of pyridine rings is 1. The van der Waals surface area contributed by atoms with Crippen LogP contribution >= 0.6 is 0 Å². The molecule has 2 rings (SSSR count). The van der Waals surface area contributed by atoms with Gasteiger partial charge in [-0.1, -0.05) is 25.1 Å². The maximum Gasteiger partial charge on any atom is 0.0705 e. The van der Waals surface area contributed by atoms with Crippen LogP contribution in [0.4, 0.5) is 0 Å². The second-order valence-corrected chi connectivity index (χ2v) is 3.30. The van der Waals surface area contributed by atoms with Crippen molar-refractivity contribution in [3.63, 3.8) is 0 Å². The van der Waals surface area contributed by atoms with E-state index < -0.39 is 0 Å². The summed E-state index contributed by atoms with van der Waals surface area (Å²) >= 11 is 0. The Kier molecular flexibility index (Phi) is 2.01. The van der Waals surface area contributed by atoms with E-state index in [-0.39, 0.29) is 0 Å². The molecule has 1 aromatic carbocycles. The number of rotatable bonds is 1. The minimum atomic E-state index is 1.01. The minimum absolute atomic E-state index is 1.01. The molecule has 0 saturated carbocycles. The molecule has 1 nitrogen and oxygen atoms in total. The fraction of sp³-hybridized carbons (Fsp3) is 0.250. The van der Waals surface area contributed by atoms with Crippen molar-refractivity contribution in [2.75, 3.05) is 0 Å². The predicted molar refractivity (Wildman–Crippen MR) is 55.9 cm³/mol. The fourth-order valence-electron chi connectivity index (χ4n) is 1.62. The largest absolute Gasteiger partial charge is 0.253 e. The average molecular weight is 171 g/mol. The fourth-order valence-corrected chi connectivity index (χ4v) is 1.62. The third-order valence-electron chi connectivity index (χ3n) is 2.35. The third-order valence-corrected chi connectivity index (χ3v) is 2.35. The molecule has 0 fully saturated rings. The first-order valence-electron chi connectivity index (χ1n) is 4.66. The molecule has 0 saturated heterocycles. The van der Waals surface area contributed by atoms with Gasteiger partial charge in [0.1, 0.15) is 0 Å². The van der Waals surface area contributed by atoms with Crippen molar-refractivity contribution in [3.05, 3.63) is 41.6 Å². The van der Waals surface area contributed by atoms with Crippen molar-refractivity contribution >= 4 is 10.9 Å². The molecule has 1 heteroatoms. The van der Waals surface area contributed by atoms with Crippen molar-refractivity contribution < 1.29 is 0 Å². The zero-order valence-electron chi connectivity index (χ0n) is 8.04. The molecule has 1 heterocycles. The second kappa shape index (κ2) is 3.17. The summed E-state index contributed by atoms with van der Waals surface area (Å²) in [6.07, 6.45) is 1.01. The number of fused-ring (bicyclic) bond motifs is 1. The first kappa shape index (κ1) is 8.24. The normalized spacial score (nSPS) is 10.6. The van der Waals surface area contributed by atoms with E-state index in [0.29, 0.717) is 0 Å². The van der Waals surface area contributed by atoms with Gasteiger partial charge in [0, 0.05) is 11.1 Å². The highest BCUT2D eigenvalue weighted by molar-refractivity contribution is 5.79. The van der Waals surface area contributed by atoms with Gasteiger partial charge in [0.25, 0.3) is 0 Å². The Hall–Kier alpha value is -1.37. The summed E-state index contributed by atoms with van der Waals surface area (Å²) in [6.45, 7) is 4.27. The number of benzene rings is 1. The monoisotopic (exact) mass is 171 g/mol. The summed E-state index contributed by atoms with van der Waals surface area (Å²) in [4.78, 5) is 4.59. The van der Waals surface area contributed by atoms with Crippen LogP contribution < -0.4 is 0 Å². The lowest BCUT2D eigenvalue weighted by Crippen LogP contribution is -1.92. The zero-order valence-corrected chi connectivity index (χ0v) is 8.04. The van der Waals surface area contributed by atoms with E-state index in [2.05, 4.69) is 43.1 Å². The number of aryl methyl sites for hydroxylation is 2. The molecular formula is C12H13N. The first-order valence-corrected chi connectivity index (χ1v) is 4.66. The quantitative estimate of drug-likeness (QED) is 0.642. The highest BCUT2D eigenvalue weighted by Crippen LogP contribution is 2.15. The molecule has 0 aliphatic rings. The molecule has 1 aromatic heterocycles. The van der Waals surface area contributed by atoms with Crippen LogP contribution in [0.25, 0.3) is 10.9 Å². The van der Waals surface area contributed by atoms with E-state index >= 15 is 0 Å². The van der Waals surface area contributed by atoms with Gasteiger partial charge in [-0.25, -0.2) is 0 Å². The van der Waals surface area contributed by atoms with E-state index in [1.165, 1.54) is 16.6 Å². The SMILES string of the molecule is CCc1nc2ccccc2cc1C. The van der Waals surface area contributed by atoms with Gasteiger partial charge < -0.3 is 0 Å². The van der Waals surface area contributed by atoms with Gasteiger partial charge >= 0.3 is 0 Å². The predicted octanol–water partition coefficient (Wildman–Crippen LogP) is 3.11. The van der Waals surface area contributed by atoms with E-state index in [4.69, 9.17) is 0 Å². The molecule has 13 heavy (non-hydrogen) atoms. The summed E-state index contributed by atoms with van der Waals surface area (Å²) in [5.74, 6) is 0. The van der Waals surface area contributed by atoms with Crippen molar-refractivity contribution in [2.45, 2.75) is 20.3 Å². The molecule has 0 aliphatic heterocycles. The van der Waals surface area contributed by atoms with E-state index in [0.717, 1.165) is 11.9 Å². The van der Waals surface area contributed by atoms with Gasteiger partial charge in [-0.2, -0.15) is 0 Å². The summed E-state index contributed by atoms with van der Waals surface area (Å²) in [5.41, 5.74) is 3.60. The van der Waals surface area contributed by atoms with Gasteiger partial charge in [-0.15, -0.1) is 0 Å². The average Bonchev–Trinajstić information content (AvgIpc) is 2.17. The van der Waals surface area contributed by atoms with Crippen LogP contribution in [0.3, 0.4) is 0 Å².